The highest BCUT2D eigenvalue weighted by Crippen LogP contribution is 2.44. The van der Waals surface area contributed by atoms with E-state index in [0.29, 0.717) is 29.5 Å². The lowest BCUT2D eigenvalue weighted by atomic mass is 9.94. The van der Waals surface area contributed by atoms with E-state index in [1.54, 1.807) is 18.7 Å². The molecule has 0 radical (unpaired) electrons. The molecule has 0 spiro atoms. The minimum atomic E-state index is -0.538. The number of carbonyl (C=O) groups excluding carboxylic acids is 2. The maximum Gasteiger partial charge on any atom is 0.338 e. The number of esters is 1. The summed E-state index contributed by atoms with van der Waals surface area (Å²) in [6.45, 7) is 8.30. The van der Waals surface area contributed by atoms with Crippen molar-refractivity contribution in [1.29, 1.82) is 0 Å². The van der Waals surface area contributed by atoms with Gasteiger partial charge in [-0.1, -0.05) is 30.8 Å². The fourth-order valence-electron chi connectivity index (χ4n) is 3.29. The Labute approximate surface area is 163 Å². The van der Waals surface area contributed by atoms with E-state index in [1.165, 1.54) is 11.8 Å². The number of nitrogens with zero attached hydrogens (tertiary/aromatic N) is 2. The topological polar surface area (TPSA) is 68.2 Å². The van der Waals surface area contributed by atoms with Crippen LogP contribution in [0.4, 0.5) is 0 Å². The molecule has 1 aromatic rings. The molecule has 144 valence electrons. The second kappa shape index (κ2) is 8.17. The minimum absolute atomic E-state index is 0.0190. The zero-order valence-corrected chi connectivity index (χ0v) is 16.8. The predicted molar refractivity (Wildman–Crippen MR) is 106 cm³/mol. The second-order valence-electron chi connectivity index (χ2n) is 6.24. The standard InChI is InChI=1S/C20H24N2O4S/c1-5-15-18(23)22-17(13-8-10-14(11-9-13)25-6-2)16(19(24)26-7-3)12(4)21-20(22)27-15/h8-11,15,17H,5-7H2,1-4H3/t15-,17+/m1/s1. The van der Waals surface area contributed by atoms with Crippen molar-refractivity contribution in [3.8, 4) is 5.75 Å². The van der Waals surface area contributed by atoms with Gasteiger partial charge in [-0.05, 0) is 44.9 Å². The van der Waals surface area contributed by atoms with Crippen molar-refractivity contribution in [3.63, 3.8) is 0 Å². The number of hydrogen-bond donors (Lipinski definition) is 0. The van der Waals surface area contributed by atoms with Crippen molar-refractivity contribution in [2.24, 2.45) is 4.99 Å². The van der Waals surface area contributed by atoms with Crippen molar-refractivity contribution < 1.29 is 19.1 Å². The van der Waals surface area contributed by atoms with Gasteiger partial charge in [-0.15, -0.1) is 0 Å². The number of allylic oxidation sites excluding steroid dienone is 1. The minimum Gasteiger partial charge on any atom is -0.494 e. The Kier molecular flexibility index (Phi) is 5.89. The monoisotopic (exact) mass is 388 g/mol. The number of hydrogen-bond acceptors (Lipinski definition) is 6. The highest BCUT2D eigenvalue weighted by molar-refractivity contribution is 8.15. The molecule has 0 bridgehead atoms. The van der Waals surface area contributed by atoms with Crippen LogP contribution in [0.1, 0.15) is 45.7 Å². The molecular formula is C20H24N2O4S. The first-order chi connectivity index (χ1) is 13.0. The van der Waals surface area contributed by atoms with Gasteiger partial charge in [0.1, 0.15) is 5.75 Å². The Bertz CT molecular complexity index is 801. The maximum atomic E-state index is 13.0. The van der Waals surface area contributed by atoms with Crippen LogP contribution in [-0.4, -0.2) is 40.4 Å². The number of carbonyl (C=O) groups is 2. The molecule has 2 aliphatic heterocycles. The Morgan fingerprint density at radius 2 is 1.89 bits per heavy atom. The first-order valence-electron chi connectivity index (χ1n) is 9.20. The van der Waals surface area contributed by atoms with E-state index in [4.69, 9.17) is 9.47 Å². The number of amides is 1. The molecule has 0 aromatic heterocycles. The summed E-state index contributed by atoms with van der Waals surface area (Å²) in [7, 11) is 0. The Morgan fingerprint density at radius 3 is 2.48 bits per heavy atom. The van der Waals surface area contributed by atoms with E-state index in [9.17, 15) is 9.59 Å². The molecule has 2 atom stereocenters. The number of thioether (sulfide) groups is 1. The van der Waals surface area contributed by atoms with Crippen molar-refractivity contribution in [3.05, 3.63) is 41.1 Å². The van der Waals surface area contributed by atoms with Gasteiger partial charge in [-0.3, -0.25) is 9.69 Å². The normalized spacial score (nSPS) is 21.9. The van der Waals surface area contributed by atoms with Gasteiger partial charge in [-0.25, -0.2) is 9.79 Å². The van der Waals surface area contributed by atoms with Crippen LogP contribution in [0.5, 0.6) is 5.75 Å². The summed E-state index contributed by atoms with van der Waals surface area (Å²) in [6.07, 6.45) is 0.711. The lowest BCUT2D eigenvalue weighted by Gasteiger charge is -2.33. The molecule has 0 aliphatic carbocycles. The molecule has 7 heteroatoms. The molecule has 1 saturated heterocycles. The molecule has 0 N–H and O–H groups in total. The molecule has 0 saturated carbocycles. The quantitative estimate of drug-likeness (QED) is 0.695. The molecule has 27 heavy (non-hydrogen) atoms. The van der Waals surface area contributed by atoms with Crippen LogP contribution >= 0.6 is 11.8 Å². The summed E-state index contributed by atoms with van der Waals surface area (Å²) in [5.74, 6) is 0.293. The fraction of sp³-hybridized carbons (Fsp3) is 0.450. The SMILES string of the molecule is CCOC(=O)C1=C(C)N=C2S[C@H](CC)C(=O)N2[C@H]1c1ccc(OCC)cc1. The van der Waals surface area contributed by atoms with Gasteiger partial charge in [0.15, 0.2) is 5.17 Å². The third-order valence-corrected chi connectivity index (χ3v) is 5.84. The van der Waals surface area contributed by atoms with Crippen LogP contribution in [0.2, 0.25) is 0 Å². The van der Waals surface area contributed by atoms with Gasteiger partial charge >= 0.3 is 5.97 Å². The largest absolute Gasteiger partial charge is 0.494 e. The Morgan fingerprint density at radius 1 is 1.19 bits per heavy atom. The molecule has 1 amide bonds. The zero-order valence-electron chi connectivity index (χ0n) is 16.0. The number of benzene rings is 1. The van der Waals surface area contributed by atoms with Gasteiger partial charge in [0.25, 0.3) is 0 Å². The third kappa shape index (κ3) is 3.60. The molecule has 1 fully saturated rings. The lowest BCUT2D eigenvalue weighted by molar-refractivity contribution is -0.139. The first kappa shape index (κ1) is 19.5. The van der Waals surface area contributed by atoms with Gasteiger partial charge in [-0.2, -0.15) is 0 Å². The molecule has 0 unspecified atom stereocenters. The molecule has 6 nitrogen and oxygen atoms in total. The van der Waals surface area contributed by atoms with Gasteiger partial charge in [0, 0.05) is 0 Å². The van der Waals surface area contributed by atoms with Crippen LogP contribution in [0.3, 0.4) is 0 Å². The first-order valence-corrected chi connectivity index (χ1v) is 10.1. The average molecular weight is 388 g/mol. The smallest absolute Gasteiger partial charge is 0.338 e. The summed E-state index contributed by atoms with van der Waals surface area (Å²) in [5.41, 5.74) is 1.84. The van der Waals surface area contributed by atoms with E-state index in [-0.39, 0.29) is 17.8 Å². The van der Waals surface area contributed by atoms with Crippen molar-refractivity contribution in [2.75, 3.05) is 13.2 Å². The number of amidine groups is 1. The number of aliphatic imine (C=N–C) groups is 1. The van der Waals surface area contributed by atoms with Gasteiger partial charge < -0.3 is 9.47 Å². The van der Waals surface area contributed by atoms with E-state index in [2.05, 4.69) is 4.99 Å². The van der Waals surface area contributed by atoms with Crippen molar-refractivity contribution in [1.82, 2.24) is 4.90 Å². The van der Waals surface area contributed by atoms with E-state index in [1.807, 2.05) is 38.1 Å². The summed E-state index contributed by atoms with van der Waals surface area (Å²) in [4.78, 5) is 31.9. The summed E-state index contributed by atoms with van der Waals surface area (Å²) in [5, 5.41) is 0.472. The summed E-state index contributed by atoms with van der Waals surface area (Å²) in [6, 6.07) is 6.95. The van der Waals surface area contributed by atoms with E-state index >= 15 is 0 Å². The van der Waals surface area contributed by atoms with E-state index in [0.717, 1.165) is 11.3 Å². The van der Waals surface area contributed by atoms with Crippen LogP contribution < -0.4 is 4.74 Å². The Hall–Kier alpha value is -2.28. The lowest BCUT2D eigenvalue weighted by Crippen LogP contribution is -2.40. The van der Waals surface area contributed by atoms with Crippen LogP contribution in [0, 0.1) is 0 Å². The van der Waals surface area contributed by atoms with Crippen LogP contribution in [-0.2, 0) is 14.3 Å². The van der Waals surface area contributed by atoms with Crippen LogP contribution in [0.15, 0.2) is 40.5 Å². The Balaban J connectivity index is 2.07. The number of fused-ring (bicyclic) bond motifs is 1. The number of ether oxygens (including phenoxy) is 2. The maximum absolute atomic E-state index is 13.0. The molecule has 2 aliphatic rings. The third-order valence-electron chi connectivity index (χ3n) is 4.52. The summed E-state index contributed by atoms with van der Waals surface area (Å²) >= 11 is 1.46. The highest BCUT2D eigenvalue weighted by atomic mass is 32.2. The number of rotatable bonds is 6. The van der Waals surface area contributed by atoms with E-state index < -0.39 is 12.0 Å². The fourth-order valence-corrected chi connectivity index (χ4v) is 4.42. The molecule has 1 aromatic carbocycles. The molecule has 3 rings (SSSR count). The van der Waals surface area contributed by atoms with Crippen LogP contribution in [0.25, 0.3) is 0 Å². The predicted octanol–water partition coefficient (Wildman–Crippen LogP) is 3.69. The zero-order chi connectivity index (χ0) is 19.6. The molecular weight excluding hydrogens is 364 g/mol. The second-order valence-corrected chi connectivity index (χ2v) is 7.41. The molecule has 2 heterocycles. The van der Waals surface area contributed by atoms with Crippen molar-refractivity contribution in [2.45, 2.75) is 45.4 Å². The van der Waals surface area contributed by atoms with Gasteiger partial charge in [0.2, 0.25) is 5.91 Å². The summed E-state index contributed by atoms with van der Waals surface area (Å²) < 4.78 is 10.8. The average Bonchev–Trinajstić information content (AvgIpc) is 2.97. The highest BCUT2D eigenvalue weighted by Gasteiger charge is 2.47. The van der Waals surface area contributed by atoms with Gasteiger partial charge in [0.05, 0.1) is 35.8 Å². The van der Waals surface area contributed by atoms with Crippen molar-refractivity contribution >= 4 is 28.8 Å².